The van der Waals surface area contributed by atoms with Gasteiger partial charge in [0.05, 0.1) is 39.1 Å². The number of rotatable bonds is 7. The Labute approximate surface area is 163 Å². The fourth-order valence-corrected chi connectivity index (χ4v) is 3.85. The van der Waals surface area contributed by atoms with Gasteiger partial charge in [-0.3, -0.25) is 0 Å². The van der Waals surface area contributed by atoms with Crippen molar-refractivity contribution in [1.82, 2.24) is 4.57 Å². The molecule has 0 aliphatic rings. The van der Waals surface area contributed by atoms with E-state index in [1.54, 1.807) is 17.4 Å². The van der Waals surface area contributed by atoms with Crippen molar-refractivity contribution < 1.29 is 14.0 Å². The van der Waals surface area contributed by atoms with Crippen molar-refractivity contribution in [2.75, 3.05) is 27.7 Å². The quantitative estimate of drug-likeness (QED) is 0.665. The highest BCUT2D eigenvalue weighted by Gasteiger charge is 2.12. The van der Waals surface area contributed by atoms with E-state index in [1.165, 1.54) is 18.1 Å². The monoisotopic (exact) mass is 386 g/mol. The first-order valence-corrected chi connectivity index (χ1v) is 9.87. The van der Waals surface area contributed by atoms with E-state index in [-0.39, 0.29) is 11.6 Å². The highest BCUT2D eigenvalue weighted by molar-refractivity contribution is 7.07. The Morgan fingerprint density at radius 1 is 1.15 bits per heavy atom. The minimum atomic E-state index is -0.355. The molecule has 6 heteroatoms. The van der Waals surface area contributed by atoms with E-state index >= 15 is 0 Å². The molecule has 3 rings (SSSR count). The van der Waals surface area contributed by atoms with E-state index in [9.17, 15) is 4.39 Å². The molecule has 142 valence electrons. The first-order valence-electron chi connectivity index (χ1n) is 8.99. The molecule has 0 saturated carbocycles. The number of hydrogen-bond donors (Lipinski definition) is 1. The summed E-state index contributed by atoms with van der Waals surface area (Å²) < 4.78 is 21.4. The molecular weight excluding hydrogens is 361 g/mol. The lowest BCUT2D eigenvalue weighted by molar-refractivity contribution is -0.858. The smallest absolute Gasteiger partial charge is 0.190 e. The van der Waals surface area contributed by atoms with Crippen molar-refractivity contribution >= 4 is 17.0 Å². The maximum atomic E-state index is 14.2. The standard InChI is InChI=1S/C21H24FN3OS/c1-24(2)12-7-13-25-19(16-10-11-20(26-3)18(22)14-16)15-27-21(25)23-17-8-5-4-6-9-17/h4-6,8-11,14-15H,7,12-13H2,1-3H3/p+1. The van der Waals surface area contributed by atoms with Crippen LogP contribution in [0.4, 0.5) is 10.1 Å². The van der Waals surface area contributed by atoms with Gasteiger partial charge in [0, 0.05) is 23.9 Å². The Balaban J connectivity index is 2.03. The molecule has 0 bridgehead atoms. The number of benzene rings is 2. The van der Waals surface area contributed by atoms with Crippen LogP contribution >= 0.6 is 11.3 Å². The fourth-order valence-electron chi connectivity index (χ4n) is 2.89. The second-order valence-corrected chi connectivity index (χ2v) is 7.50. The van der Waals surface area contributed by atoms with Crippen LogP contribution in [0.3, 0.4) is 0 Å². The summed E-state index contributed by atoms with van der Waals surface area (Å²) in [5.74, 6) is -0.0991. The van der Waals surface area contributed by atoms with Crippen molar-refractivity contribution in [1.29, 1.82) is 0 Å². The van der Waals surface area contributed by atoms with E-state index in [0.717, 1.165) is 41.3 Å². The summed E-state index contributed by atoms with van der Waals surface area (Å²) >= 11 is 1.58. The average molecular weight is 387 g/mol. The molecule has 4 nitrogen and oxygen atoms in total. The largest absolute Gasteiger partial charge is 0.494 e. The highest BCUT2D eigenvalue weighted by Crippen LogP contribution is 2.26. The maximum absolute atomic E-state index is 14.2. The summed E-state index contributed by atoms with van der Waals surface area (Å²) in [5.41, 5.74) is 2.72. The van der Waals surface area contributed by atoms with Gasteiger partial charge in [0.1, 0.15) is 0 Å². The molecule has 0 atom stereocenters. The lowest BCUT2D eigenvalue weighted by Crippen LogP contribution is -3.05. The number of methoxy groups -OCH3 is 1. The van der Waals surface area contributed by atoms with Gasteiger partial charge in [-0.15, -0.1) is 11.3 Å². The number of thiazole rings is 1. The fraction of sp³-hybridized carbons (Fsp3) is 0.286. The van der Waals surface area contributed by atoms with Crippen molar-refractivity contribution in [3.63, 3.8) is 0 Å². The number of quaternary nitrogens is 1. The number of para-hydroxylation sites is 1. The average Bonchev–Trinajstić information content (AvgIpc) is 3.05. The van der Waals surface area contributed by atoms with Crippen LogP contribution < -0.4 is 14.4 Å². The zero-order valence-electron chi connectivity index (χ0n) is 15.9. The van der Waals surface area contributed by atoms with Gasteiger partial charge >= 0.3 is 0 Å². The van der Waals surface area contributed by atoms with Crippen molar-refractivity contribution in [2.45, 2.75) is 13.0 Å². The Hall–Kier alpha value is -2.44. The van der Waals surface area contributed by atoms with Gasteiger partial charge in [-0.1, -0.05) is 18.2 Å². The van der Waals surface area contributed by atoms with Gasteiger partial charge in [-0.05, 0) is 30.3 Å². The molecule has 0 radical (unpaired) electrons. The summed E-state index contributed by atoms with van der Waals surface area (Å²) in [7, 11) is 5.77. The maximum Gasteiger partial charge on any atom is 0.190 e. The van der Waals surface area contributed by atoms with Crippen LogP contribution in [0.25, 0.3) is 11.3 Å². The second kappa shape index (κ2) is 8.97. The summed E-state index contributed by atoms with van der Waals surface area (Å²) in [5, 5.41) is 2.05. The topological polar surface area (TPSA) is 31.0 Å². The lowest BCUT2D eigenvalue weighted by atomic mass is 10.1. The van der Waals surface area contributed by atoms with Crippen LogP contribution in [0, 0.1) is 5.82 Å². The normalized spacial score (nSPS) is 12.0. The Kier molecular flexibility index (Phi) is 6.42. The zero-order chi connectivity index (χ0) is 19.2. The summed E-state index contributed by atoms with van der Waals surface area (Å²) in [6, 6.07) is 15.0. The molecule has 0 fully saturated rings. The van der Waals surface area contributed by atoms with Crippen LogP contribution in [0.2, 0.25) is 0 Å². The minimum Gasteiger partial charge on any atom is -0.494 e. The molecule has 0 spiro atoms. The molecule has 0 aliphatic heterocycles. The first kappa shape index (κ1) is 19.3. The van der Waals surface area contributed by atoms with Crippen LogP contribution in [0.15, 0.2) is 58.9 Å². The van der Waals surface area contributed by atoms with E-state index in [2.05, 4.69) is 18.7 Å². The van der Waals surface area contributed by atoms with Gasteiger partial charge in [0.15, 0.2) is 16.4 Å². The first-order chi connectivity index (χ1) is 13.1. The highest BCUT2D eigenvalue weighted by atomic mass is 32.1. The molecule has 0 aliphatic carbocycles. The molecule has 1 N–H and O–H groups in total. The Morgan fingerprint density at radius 2 is 1.93 bits per heavy atom. The number of hydrogen-bond acceptors (Lipinski definition) is 3. The number of halogens is 1. The van der Waals surface area contributed by atoms with Crippen molar-refractivity contribution in [3.05, 3.63) is 64.5 Å². The summed E-state index contributed by atoms with van der Waals surface area (Å²) in [4.78, 5) is 7.12. The van der Waals surface area contributed by atoms with Gasteiger partial charge in [-0.25, -0.2) is 9.38 Å². The van der Waals surface area contributed by atoms with Crippen LogP contribution in [-0.2, 0) is 6.54 Å². The molecular formula is C21H25FN3OS+. The van der Waals surface area contributed by atoms with Gasteiger partial charge in [0.2, 0.25) is 0 Å². The van der Waals surface area contributed by atoms with Crippen molar-refractivity contribution in [3.8, 4) is 17.0 Å². The van der Waals surface area contributed by atoms with Crippen LogP contribution in [0.5, 0.6) is 5.75 Å². The van der Waals surface area contributed by atoms with Gasteiger partial charge in [0.25, 0.3) is 0 Å². The van der Waals surface area contributed by atoms with Gasteiger partial charge < -0.3 is 14.2 Å². The predicted molar refractivity (Wildman–Crippen MR) is 108 cm³/mol. The van der Waals surface area contributed by atoms with E-state index in [4.69, 9.17) is 9.73 Å². The Morgan fingerprint density at radius 3 is 2.59 bits per heavy atom. The van der Waals surface area contributed by atoms with Crippen LogP contribution in [-0.4, -0.2) is 32.3 Å². The van der Waals surface area contributed by atoms with Crippen LogP contribution in [0.1, 0.15) is 6.42 Å². The molecule has 1 heterocycles. The number of nitrogens with zero attached hydrogens (tertiary/aromatic N) is 2. The predicted octanol–water partition coefficient (Wildman–Crippen LogP) is 3.13. The molecule has 0 unspecified atom stereocenters. The second-order valence-electron chi connectivity index (χ2n) is 6.66. The van der Waals surface area contributed by atoms with E-state index in [0.29, 0.717) is 0 Å². The summed E-state index contributed by atoms with van der Waals surface area (Å²) in [6.07, 6.45) is 1.02. The number of nitrogens with one attached hydrogen (secondary N) is 1. The summed E-state index contributed by atoms with van der Waals surface area (Å²) in [6.45, 7) is 1.90. The number of ether oxygens (including phenoxy) is 1. The molecule has 1 aromatic heterocycles. The third kappa shape index (κ3) is 4.84. The third-order valence-corrected chi connectivity index (χ3v) is 5.15. The third-order valence-electron chi connectivity index (χ3n) is 4.28. The van der Waals surface area contributed by atoms with E-state index < -0.39 is 0 Å². The zero-order valence-corrected chi connectivity index (χ0v) is 16.7. The molecule has 3 aromatic rings. The van der Waals surface area contributed by atoms with Crippen molar-refractivity contribution in [2.24, 2.45) is 4.99 Å². The SMILES string of the molecule is COc1ccc(-c2csc(=Nc3ccccc3)n2CCC[NH+](C)C)cc1F. The molecule has 0 saturated heterocycles. The lowest BCUT2D eigenvalue weighted by Gasteiger charge is -2.12. The molecule has 0 amide bonds. The molecule has 2 aromatic carbocycles. The van der Waals surface area contributed by atoms with Gasteiger partial charge in [-0.2, -0.15) is 0 Å². The Bertz CT molecular complexity index is 948. The van der Waals surface area contributed by atoms with E-state index in [1.807, 2.05) is 41.8 Å². The minimum absolute atomic E-state index is 0.255. The number of aromatic nitrogens is 1. The molecule has 27 heavy (non-hydrogen) atoms.